The smallest absolute Gasteiger partial charge is 0.220 e. The van der Waals surface area contributed by atoms with Gasteiger partial charge in [0, 0.05) is 6.42 Å². The first kappa shape index (κ1) is 14.5. The van der Waals surface area contributed by atoms with Gasteiger partial charge in [0.25, 0.3) is 0 Å². The molecule has 0 heterocycles. The van der Waals surface area contributed by atoms with Gasteiger partial charge in [-0.25, -0.2) is 0 Å². The van der Waals surface area contributed by atoms with E-state index in [1.165, 1.54) is 0 Å². The molecule has 0 fully saturated rings. The number of carbonyl (C=O) groups is 1. The lowest BCUT2D eigenvalue weighted by atomic mass is 10.1. The standard InChI is InChI=1S/C14H22N2O2/c1-11(16-14(17)8-5-9-15-2)12-6-4-7-13(10-12)18-3/h4,6-7,10-11,15H,5,8-9H2,1-3H3,(H,16,17). The number of nitrogens with one attached hydrogen (secondary N) is 2. The van der Waals surface area contributed by atoms with E-state index in [0.717, 1.165) is 24.3 Å². The SMILES string of the molecule is CNCCCC(=O)NC(C)c1cccc(OC)c1. The quantitative estimate of drug-likeness (QED) is 0.726. The second-order valence-corrected chi connectivity index (χ2v) is 4.27. The molecule has 1 aromatic carbocycles. The van der Waals surface area contributed by atoms with Crippen molar-refractivity contribution in [2.45, 2.75) is 25.8 Å². The van der Waals surface area contributed by atoms with Crippen molar-refractivity contribution in [3.8, 4) is 5.75 Å². The molecule has 4 nitrogen and oxygen atoms in total. The van der Waals surface area contributed by atoms with Crippen LogP contribution in [-0.2, 0) is 4.79 Å². The molecule has 1 rings (SSSR count). The number of benzene rings is 1. The second kappa shape index (κ2) is 7.71. The Morgan fingerprint density at radius 1 is 1.44 bits per heavy atom. The van der Waals surface area contributed by atoms with Gasteiger partial charge < -0.3 is 15.4 Å². The first-order chi connectivity index (χ1) is 8.67. The number of rotatable bonds is 7. The summed E-state index contributed by atoms with van der Waals surface area (Å²) in [6, 6.07) is 7.75. The van der Waals surface area contributed by atoms with E-state index in [4.69, 9.17) is 4.74 Å². The molecule has 4 heteroatoms. The van der Waals surface area contributed by atoms with Crippen LogP contribution in [0.5, 0.6) is 5.75 Å². The van der Waals surface area contributed by atoms with Crippen molar-refractivity contribution in [1.29, 1.82) is 0 Å². The maximum atomic E-state index is 11.7. The average molecular weight is 250 g/mol. The van der Waals surface area contributed by atoms with E-state index in [2.05, 4.69) is 10.6 Å². The second-order valence-electron chi connectivity index (χ2n) is 4.27. The van der Waals surface area contributed by atoms with Gasteiger partial charge in [-0.3, -0.25) is 4.79 Å². The van der Waals surface area contributed by atoms with Crippen LogP contribution in [0.3, 0.4) is 0 Å². The van der Waals surface area contributed by atoms with Crippen LogP contribution in [0.2, 0.25) is 0 Å². The minimum Gasteiger partial charge on any atom is -0.497 e. The van der Waals surface area contributed by atoms with Crippen LogP contribution in [0, 0.1) is 0 Å². The van der Waals surface area contributed by atoms with Crippen LogP contribution in [-0.4, -0.2) is 26.6 Å². The summed E-state index contributed by atoms with van der Waals surface area (Å²) in [4.78, 5) is 11.7. The summed E-state index contributed by atoms with van der Waals surface area (Å²) < 4.78 is 5.17. The van der Waals surface area contributed by atoms with Gasteiger partial charge in [-0.1, -0.05) is 12.1 Å². The molecule has 0 bridgehead atoms. The highest BCUT2D eigenvalue weighted by Gasteiger charge is 2.09. The largest absolute Gasteiger partial charge is 0.497 e. The average Bonchev–Trinajstić information content (AvgIpc) is 2.39. The number of hydrogen-bond donors (Lipinski definition) is 2. The van der Waals surface area contributed by atoms with Crippen molar-refractivity contribution >= 4 is 5.91 Å². The number of hydrogen-bond acceptors (Lipinski definition) is 3. The van der Waals surface area contributed by atoms with Gasteiger partial charge in [-0.05, 0) is 44.6 Å². The van der Waals surface area contributed by atoms with E-state index in [1.54, 1.807) is 7.11 Å². The summed E-state index contributed by atoms with van der Waals surface area (Å²) in [7, 11) is 3.52. The Bertz CT molecular complexity index is 380. The van der Waals surface area contributed by atoms with E-state index in [0.29, 0.717) is 6.42 Å². The molecule has 0 saturated carbocycles. The Morgan fingerprint density at radius 2 is 2.22 bits per heavy atom. The number of carbonyl (C=O) groups excluding carboxylic acids is 1. The molecule has 0 radical (unpaired) electrons. The molecule has 0 aliphatic rings. The van der Waals surface area contributed by atoms with E-state index in [1.807, 2.05) is 38.2 Å². The van der Waals surface area contributed by atoms with Crippen molar-refractivity contribution in [3.05, 3.63) is 29.8 Å². The zero-order valence-electron chi connectivity index (χ0n) is 11.3. The summed E-state index contributed by atoms with van der Waals surface area (Å²) in [6.07, 6.45) is 1.41. The molecule has 0 saturated heterocycles. The molecule has 2 N–H and O–H groups in total. The third-order valence-electron chi connectivity index (χ3n) is 2.80. The van der Waals surface area contributed by atoms with E-state index in [-0.39, 0.29) is 11.9 Å². The molecule has 1 atom stereocenters. The van der Waals surface area contributed by atoms with Gasteiger partial charge in [-0.2, -0.15) is 0 Å². The molecule has 0 spiro atoms. The Labute approximate surface area is 109 Å². The fourth-order valence-corrected chi connectivity index (χ4v) is 1.73. The molecular weight excluding hydrogens is 228 g/mol. The number of amides is 1. The Hall–Kier alpha value is -1.55. The normalized spacial score (nSPS) is 11.9. The van der Waals surface area contributed by atoms with Gasteiger partial charge >= 0.3 is 0 Å². The molecule has 100 valence electrons. The van der Waals surface area contributed by atoms with Crippen LogP contribution in [0.25, 0.3) is 0 Å². The third-order valence-corrected chi connectivity index (χ3v) is 2.80. The Balaban J connectivity index is 2.48. The first-order valence-electron chi connectivity index (χ1n) is 6.25. The summed E-state index contributed by atoms with van der Waals surface area (Å²) in [5, 5.41) is 6.01. The summed E-state index contributed by atoms with van der Waals surface area (Å²) in [5.74, 6) is 0.893. The van der Waals surface area contributed by atoms with Crippen LogP contribution in [0.4, 0.5) is 0 Å². The highest BCUT2D eigenvalue weighted by molar-refractivity contribution is 5.76. The van der Waals surface area contributed by atoms with Crippen molar-refractivity contribution in [3.63, 3.8) is 0 Å². The van der Waals surface area contributed by atoms with Crippen molar-refractivity contribution in [1.82, 2.24) is 10.6 Å². The summed E-state index contributed by atoms with van der Waals surface area (Å²) in [6.45, 7) is 2.84. The minimum atomic E-state index is 0.00202. The van der Waals surface area contributed by atoms with Crippen molar-refractivity contribution in [2.75, 3.05) is 20.7 Å². The molecule has 1 aromatic rings. The Morgan fingerprint density at radius 3 is 2.89 bits per heavy atom. The molecule has 1 amide bonds. The van der Waals surface area contributed by atoms with Crippen LogP contribution in [0.15, 0.2) is 24.3 Å². The molecule has 0 aromatic heterocycles. The van der Waals surface area contributed by atoms with Gasteiger partial charge in [0.2, 0.25) is 5.91 Å². The maximum Gasteiger partial charge on any atom is 0.220 e. The Kier molecular flexibility index (Phi) is 6.22. The first-order valence-corrected chi connectivity index (χ1v) is 6.25. The van der Waals surface area contributed by atoms with Gasteiger partial charge in [0.15, 0.2) is 0 Å². The van der Waals surface area contributed by atoms with E-state index < -0.39 is 0 Å². The maximum absolute atomic E-state index is 11.7. The van der Waals surface area contributed by atoms with Gasteiger partial charge in [0.05, 0.1) is 13.2 Å². The molecular formula is C14H22N2O2. The topological polar surface area (TPSA) is 50.4 Å². The lowest BCUT2D eigenvalue weighted by molar-refractivity contribution is -0.121. The van der Waals surface area contributed by atoms with E-state index >= 15 is 0 Å². The molecule has 18 heavy (non-hydrogen) atoms. The van der Waals surface area contributed by atoms with Crippen LogP contribution < -0.4 is 15.4 Å². The number of methoxy groups -OCH3 is 1. The highest BCUT2D eigenvalue weighted by atomic mass is 16.5. The monoisotopic (exact) mass is 250 g/mol. The predicted octanol–water partition coefficient (Wildman–Crippen LogP) is 1.87. The summed E-state index contributed by atoms with van der Waals surface area (Å²) in [5.41, 5.74) is 1.05. The predicted molar refractivity (Wildman–Crippen MR) is 72.7 cm³/mol. The molecule has 0 aliphatic heterocycles. The fourth-order valence-electron chi connectivity index (χ4n) is 1.73. The zero-order valence-corrected chi connectivity index (χ0v) is 11.3. The van der Waals surface area contributed by atoms with Crippen LogP contribution >= 0.6 is 0 Å². The molecule has 1 unspecified atom stereocenters. The van der Waals surface area contributed by atoms with Gasteiger partial charge in [0.1, 0.15) is 5.75 Å². The fraction of sp³-hybridized carbons (Fsp3) is 0.500. The van der Waals surface area contributed by atoms with Crippen LogP contribution in [0.1, 0.15) is 31.4 Å². The number of ether oxygens (including phenoxy) is 1. The summed E-state index contributed by atoms with van der Waals surface area (Å²) >= 11 is 0. The van der Waals surface area contributed by atoms with Gasteiger partial charge in [-0.15, -0.1) is 0 Å². The minimum absolute atomic E-state index is 0.00202. The zero-order chi connectivity index (χ0) is 13.4. The lowest BCUT2D eigenvalue weighted by Gasteiger charge is -2.15. The highest BCUT2D eigenvalue weighted by Crippen LogP contribution is 2.18. The third kappa shape index (κ3) is 4.75. The van der Waals surface area contributed by atoms with Crippen molar-refractivity contribution < 1.29 is 9.53 Å². The van der Waals surface area contributed by atoms with Crippen molar-refractivity contribution in [2.24, 2.45) is 0 Å². The molecule has 0 aliphatic carbocycles. The lowest BCUT2D eigenvalue weighted by Crippen LogP contribution is -2.27. The van der Waals surface area contributed by atoms with E-state index in [9.17, 15) is 4.79 Å².